The van der Waals surface area contributed by atoms with Crippen molar-refractivity contribution in [2.75, 3.05) is 39.3 Å². The minimum absolute atomic E-state index is 0.325. The monoisotopic (exact) mass is 260 g/mol. The first kappa shape index (κ1) is 14.0. The van der Waals surface area contributed by atoms with Crippen LogP contribution in [0.4, 0.5) is 0 Å². The van der Waals surface area contributed by atoms with Crippen molar-refractivity contribution in [1.82, 2.24) is 9.80 Å². The van der Waals surface area contributed by atoms with E-state index in [2.05, 4.69) is 21.9 Å². The van der Waals surface area contributed by atoms with E-state index in [0.717, 1.165) is 6.42 Å². The third-order valence-electron chi connectivity index (χ3n) is 4.49. The Balaban J connectivity index is 2.32. The van der Waals surface area contributed by atoms with Gasteiger partial charge in [0, 0.05) is 26.2 Å². The third kappa shape index (κ3) is 2.25. The van der Waals surface area contributed by atoms with Crippen molar-refractivity contribution in [1.29, 1.82) is 10.5 Å². The molecule has 5 heteroatoms. The Morgan fingerprint density at radius 3 is 1.95 bits per heavy atom. The van der Waals surface area contributed by atoms with Crippen LogP contribution in [0.3, 0.4) is 0 Å². The van der Waals surface area contributed by atoms with E-state index in [1.54, 1.807) is 0 Å². The fraction of sp³-hybridized carbons (Fsp3) is 0.786. The van der Waals surface area contributed by atoms with Crippen LogP contribution < -0.4 is 0 Å². The van der Waals surface area contributed by atoms with Crippen molar-refractivity contribution >= 4 is 5.78 Å². The lowest BCUT2D eigenvalue weighted by Crippen LogP contribution is -2.68. The van der Waals surface area contributed by atoms with E-state index in [-0.39, 0.29) is 0 Å². The van der Waals surface area contributed by atoms with Crippen LogP contribution in [0.15, 0.2) is 0 Å². The predicted molar refractivity (Wildman–Crippen MR) is 69.9 cm³/mol. The molecule has 0 amide bonds. The summed E-state index contributed by atoms with van der Waals surface area (Å²) >= 11 is 0. The zero-order valence-corrected chi connectivity index (χ0v) is 11.6. The molecule has 19 heavy (non-hydrogen) atoms. The van der Waals surface area contributed by atoms with Crippen LogP contribution in [0.2, 0.25) is 0 Å². The number of hydrogen-bond donors (Lipinski definition) is 0. The minimum atomic E-state index is -0.444. The molecule has 0 N–H and O–H groups in total. The molecule has 2 bridgehead atoms. The average Bonchev–Trinajstić information content (AvgIpc) is 2.34. The van der Waals surface area contributed by atoms with Gasteiger partial charge in [0.2, 0.25) is 0 Å². The summed E-state index contributed by atoms with van der Waals surface area (Å²) in [4.78, 5) is 16.9. The van der Waals surface area contributed by atoms with Crippen molar-refractivity contribution in [3.8, 4) is 12.1 Å². The predicted octanol–water partition coefficient (Wildman–Crippen LogP) is 0.637. The number of hydrogen-bond acceptors (Lipinski definition) is 5. The summed E-state index contributed by atoms with van der Waals surface area (Å²) in [5, 5.41) is 17.8. The van der Waals surface area contributed by atoms with Gasteiger partial charge in [-0.25, -0.2) is 0 Å². The van der Waals surface area contributed by atoms with Crippen LogP contribution in [0.25, 0.3) is 0 Å². The van der Waals surface area contributed by atoms with Gasteiger partial charge in [0.1, 0.15) is 5.78 Å². The molecule has 0 radical (unpaired) electrons. The van der Waals surface area contributed by atoms with Crippen LogP contribution in [0.1, 0.15) is 20.3 Å². The van der Waals surface area contributed by atoms with Gasteiger partial charge < -0.3 is 0 Å². The van der Waals surface area contributed by atoms with Gasteiger partial charge in [0.15, 0.2) is 0 Å². The summed E-state index contributed by atoms with van der Waals surface area (Å²) in [7, 11) is 0. The maximum absolute atomic E-state index is 12.8. The van der Waals surface area contributed by atoms with Gasteiger partial charge in [-0.1, -0.05) is 13.8 Å². The lowest BCUT2D eigenvalue weighted by atomic mass is 9.62. The summed E-state index contributed by atoms with van der Waals surface area (Å²) in [5.74, 6) is 0.325. The van der Waals surface area contributed by atoms with E-state index in [9.17, 15) is 4.79 Å². The van der Waals surface area contributed by atoms with Gasteiger partial charge in [-0.3, -0.25) is 14.6 Å². The second-order valence-corrected chi connectivity index (χ2v) is 6.13. The first-order valence-corrected chi connectivity index (χ1v) is 6.73. The maximum atomic E-state index is 12.8. The minimum Gasteiger partial charge on any atom is -0.298 e. The summed E-state index contributed by atoms with van der Waals surface area (Å²) < 4.78 is 0. The van der Waals surface area contributed by atoms with Crippen molar-refractivity contribution in [3.05, 3.63) is 0 Å². The third-order valence-corrected chi connectivity index (χ3v) is 4.49. The van der Waals surface area contributed by atoms with Crippen molar-refractivity contribution in [2.24, 2.45) is 10.8 Å². The van der Waals surface area contributed by atoms with Gasteiger partial charge in [0.05, 0.1) is 36.1 Å². The van der Waals surface area contributed by atoms with E-state index in [0.29, 0.717) is 45.1 Å². The van der Waals surface area contributed by atoms with Crippen molar-refractivity contribution < 1.29 is 4.79 Å². The van der Waals surface area contributed by atoms with E-state index in [1.165, 1.54) is 0 Å². The van der Waals surface area contributed by atoms with Gasteiger partial charge in [-0.15, -0.1) is 0 Å². The van der Waals surface area contributed by atoms with E-state index < -0.39 is 10.8 Å². The number of Topliss-reactive ketones (excluding diaryl/α,β-unsaturated/α-hetero) is 1. The highest BCUT2D eigenvalue weighted by molar-refractivity contribution is 5.92. The van der Waals surface area contributed by atoms with Crippen molar-refractivity contribution in [2.45, 2.75) is 20.3 Å². The van der Waals surface area contributed by atoms with E-state index in [1.807, 2.05) is 13.8 Å². The van der Waals surface area contributed by atoms with Crippen LogP contribution in [-0.4, -0.2) is 54.9 Å². The molecule has 0 atom stereocenters. The highest BCUT2D eigenvalue weighted by Gasteiger charge is 2.56. The SMILES string of the molecule is CCC12CN(CC#N)CC(C)(CN(CC#N)C1)C2=O. The second kappa shape index (κ2) is 4.92. The smallest absolute Gasteiger partial charge is 0.150 e. The summed E-state index contributed by atoms with van der Waals surface area (Å²) in [6.07, 6.45) is 0.769. The number of piperidine rings is 2. The highest BCUT2D eigenvalue weighted by Crippen LogP contribution is 2.44. The number of ketones is 1. The molecule has 2 saturated heterocycles. The zero-order chi connectivity index (χ0) is 14.1. The van der Waals surface area contributed by atoms with Gasteiger partial charge >= 0.3 is 0 Å². The fourth-order valence-electron chi connectivity index (χ4n) is 3.79. The molecular formula is C14H20N4O. The standard InChI is InChI=1S/C14H20N4O/c1-3-14-10-17(6-4-15)8-13(2,12(14)19)9-18(11-14)7-5-16/h3,6-11H2,1-2H3. The van der Waals surface area contributed by atoms with Crippen LogP contribution in [-0.2, 0) is 4.79 Å². The first-order chi connectivity index (χ1) is 8.99. The molecule has 2 fully saturated rings. The molecule has 2 heterocycles. The number of fused-ring (bicyclic) bond motifs is 2. The average molecular weight is 260 g/mol. The van der Waals surface area contributed by atoms with Gasteiger partial charge in [0.25, 0.3) is 0 Å². The molecule has 0 spiro atoms. The Labute approximate surface area is 114 Å². The number of nitriles is 2. The quantitative estimate of drug-likeness (QED) is 0.696. The van der Waals surface area contributed by atoms with Crippen molar-refractivity contribution in [3.63, 3.8) is 0 Å². The summed E-state index contributed by atoms with van der Waals surface area (Å²) in [6.45, 7) is 7.32. The van der Waals surface area contributed by atoms with E-state index in [4.69, 9.17) is 10.5 Å². The fourth-order valence-corrected chi connectivity index (χ4v) is 3.79. The molecular weight excluding hydrogens is 240 g/mol. The number of carbonyl (C=O) groups excluding carboxylic acids is 1. The topological polar surface area (TPSA) is 71.1 Å². The number of nitrogens with zero attached hydrogens (tertiary/aromatic N) is 4. The van der Waals surface area contributed by atoms with Crippen LogP contribution in [0.5, 0.6) is 0 Å². The number of carbonyl (C=O) groups is 1. The molecule has 102 valence electrons. The maximum Gasteiger partial charge on any atom is 0.150 e. The molecule has 2 aliphatic rings. The van der Waals surface area contributed by atoms with Crippen LogP contribution in [0, 0.1) is 33.5 Å². The highest BCUT2D eigenvalue weighted by atomic mass is 16.1. The largest absolute Gasteiger partial charge is 0.298 e. The molecule has 0 saturated carbocycles. The van der Waals surface area contributed by atoms with E-state index >= 15 is 0 Å². The summed E-state index contributed by atoms with van der Waals surface area (Å²) in [5.41, 5.74) is -0.848. The Kier molecular flexibility index (Phi) is 3.62. The molecule has 2 rings (SSSR count). The molecule has 5 nitrogen and oxygen atoms in total. The molecule has 2 aliphatic heterocycles. The molecule has 0 unspecified atom stereocenters. The lowest BCUT2D eigenvalue weighted by Gasteiger charge is -2.55. The Bertz CT molecular complexity index is 431. The zero-order valence-electron chi connectivity index (χ0n) is 11.6. The molecule has 0 aromatic heterocycles. The Hall–Kier alpha value is -1.43. The summed E-state index contributed by atoms with van der Waals surface area (Å²) in [6, 6.07) is 4.37. The number of rotatable bonds is 3. The molecule has 0 aromatic rings. The molecule has 0 aliphatic carbocycles. The normalized spacial score (nSPS) is 35.7. The van der Waals surface area contributed by atoms with Gasteiger partial charge in [-0.05, 0) is 6.42 Å². The second-order valence-electron chi connectivity index (χ2n) is 6.13. The Morgan fingerprint density at radius 1 is 1.11 bits per heavy atom. The van der Waals surface area contributed by atoms with Crippen LogP contribution >= 0.6 is 0 Å². The lowest BCUT2D eigenvalue weighted by molar-refractivity contribution is -0.158. The molecule has 0 aromatic carbocycles. The first-order valence-electron chi connectivity index (χ1n) is 6.73. The number of likely N-dealkylation sites (tertiary alicyclic amines) is 2. The van der Waals surface area contributed by atoms with Gasteiger partial charge in [-0.2, -0.15) is 10.5 Å². The Morgan fingerprint density at radius 2 is 1.58 bits per heavy atom.